The summed E-state index contributed by atoms with van der Waals surface area (Å²) in [5.74, 6) is -1.34. The molecule has 2 aromatic rings. The lowest BCUT2D eigenvalue weighted by Gasteiger charge is -2.37. The topological polar surface area (TPSA) is 53.5 Å². The number of benzene rings is 1. The van der Waals surface area contributed by atoms with E-state index in [1.54, 1.807) is 0 Å². The normalized spacial score (nSPS) is 13.3. The SMILES string of the molecule is CCOC[C@H](CO[Si](C)(C)C(C)(C)C)Oc1cc(Cl)nc(SCc2cccc(F)c2F)n1. The molecule has 2 rings (SSSR count). The largest absolute Gasteiger partial charge is 0.469 e. The van der Waals surface area contributed by atoms with E-state index in [4.69, 9.17) is 25.5 Å². The van der Waals surface area contributed by atoms with E-state index in [-0.39, 0.29) is 33.5 Å². The Morgan fingerprint density at radius 3 is 2.53 bits per heavy atom. The first-order valence-electron chi connectivity index (χ1n) is 10.4. The highest BCUT2D eigenvalue weighted by atomic mass is 35.5. The Balaban J connectivity index is 2.10. The van der Waals surface area contributed by atoms with Crippen LogP contribution in [0.15, 0.2) is 29.4 Å². The molecule has 0 aliphatic rings. The summed E-state index contributed by atoms with van der Waals surface area (Å²) < 4.78 is 45.2. The summed E-state index contributed by atoms with van der Waals surface area (Å²) in [6.45, 7) is 14.0. The van der Waals surface area contributed by atoms with Gasteiger partial charge in [-0.15, -0.1) is 0 Å². The van der Waals surface area contributed by atoms with E-state index in [1.165, 1.54) is 18.2 Å². The van der Waals surface area contributed by atoms with Crippen molar-refractivity contribution in [2.75, 3.05) is 19.8 Å². The molecule has 1 aromatic heterocycles. The molecule has 0 amide bonds. The second kappa shape index (κ2) is 11.7. The fraction of sp³-hybridized carbons (Fsp3) is 0.545. The molecule has 0 spiro atoms. The average Bonchev–Trinajstić information content (AvgIpc) is 2.70. The minimum atomic E-state index is -1.97. The number of halogens is 3. The van der Waals surface area contributed by atoms with Crippen LogP contribution in [0.1, 0.15) is 33.3 Å². The van der Waals surface area contributed by atoms with Crippen LogP contribution in [-0.4, -0.2) is 44.2 Å². The molecule has 1 heterocycles. The number of aromatic nitrogens is 2. The predicted octanol–water partition coefficient (Wildman–Crippen LogP) is 6.51. The van der Waals surface area contributed by atoms with Crippen molar-refractivity contribution >= 4 is 31.7 Å². The van der Waals surface area contributed by atoms with Crippen LogP contribution in [0.3, 0.4) is 0 Å². The maximum Gasteiger partial charge on any atom is 0.219 e. The van der Waals surface area contributed by atoms with Crippen LogP contribution in [0.25, 0.3) is 0 Å². The maximum absolute atomic E-state index is 13.9. The van der Waals surface area contributed by atoms with Gasteiger partial charge in [0.2, 0.25) is 5.88 Å². The number of hydrogen-bond donors (Lipinski definition) is 0. The van der Waals surface area contributed by atoms with Crippen molar-refractivity contribution in [1.29, 1.82) is 0 Å². The first-order valence-corrected chi connectivity index (χ1v) is 14.7. The summed E-state index contributed by atoms with van der Waals surface area (Å²) in [7, 11) is -1.97. The summed E-state index contributed by atoms with van der Waals surface area (Å²) >= 11 is 7.29. The molecule has 0 saturated heterocycles. The molecule has 0 saturated carbocycles. The Morgan fingerprint density at radius 2 is 1.88 bits per heavy atom. The van der Waals surface area contributed by atoms with E-state index < -0.39 is 20.0 Å². The zero-order valence-electron chi connectivity index (χ0n) is 19.4. The van der Waals surface area contributed by atoms with Crippen molar-refractivity contribution in [1.82, 2.24) is 9.97 Å². The fourth-order valence-corrected chi connectivity index (χ4v) is 4.44. The van der Waals surface area contributed by atoms with Gasteiger partial charge in [0.25, 0.3) is 0 Å². The fourth-order valence-electron chi connectivity index (χ4n) is 2.36. The van der Waals surface area contributed by atoms with Gasteiger partial charge in [0, 0.05) is 24.0 Å². The van der Waals surface area contributed by atoms with E-state index in [0.29, 0.717) is 25.0 Å². The lowest BCUT2D eigenvalue weighted by Crippen LogP contribution is -2.44. The summed E-state index contributed by atoms with van der Waals surface area (Å²) in [5, 5.41) is 0.562. The Bertz CT molecular complexity index is 900. The van der Waals surface area contributed by atoms with Gasteiger partial charge in [-0.2, -0.15) is 4.98 Å². The molecule has 1 aromatic carbocycles. The standard InChI is InChI=1S/C22H31ClF2N2O3SSi/c1-7-28-12-16(13-29-32(5,6)22(2,3)4)30-19-11-18(23)26-21(27-19)31-14-15-9-8-10-17(24)20(15)25/h8-11,16H,7,12-14H2,1-6H3/t16-/m1/s1. The second-order valence-corrected chi connectivity index (χ2v) is 14.9. The van der Waals surface area contributed by atoms with Crippen molar-refractivity contribution in [2.24, 2.45) is 0 Å². The zero-order chi connectivity index (χ0) is 23.9. The van der Waals surface area contributed by atoms with Crippen molar-refractivity contribution in [2.45, 2.75) is 62.8 Å². The van der Waals surface area contributed by atoms with Gasteiger partial charge in [0.1, 0.15) is 11.3 Å². The highest BCUT2D eigenvalue weighted by molar-refractivity contribution is 7.98. The lowest BCUT2D eigenvalue weighted by molar-refractivity contribution is 0.0248. The maximum atomic E-state index is 13.9. The minimum absolute atomic E-state index is 0.0668. The third kappa shape index (κ3) is 7.95. The molecule has 0 fully saturated rings. The smallest absolute Gasteiger partial charge is 0.219 e. The summed E-state index contributed by atoms with van der Waals surface area (Å²) in [4.78, 5) is 8.52. The van der Waals surface area contributed by atoms with E-state index in [2.05, 4.69) is 43.8 Å². The van der Waals surface area contributed by atoms with Gasteiger partial charge in [0.15, 0.2) is 25.1 Å². The van der Waals surface area contributed by atoms with Gasteiger partial charge in [-0.05, 0) is 31.1 Å². The average molecular weight is 505 g/mol. The molecule has 0 radical (unpaired) electrons. The Hall–Kier alpha value is -1.26. The molecule has 32 heavy (non-hydrogen) atoms. The third-order valence-corrected chi connectivity index (χ3v) is 10.9. The highest BCUT2D eigenvalue weighted by Crippen LogP contribution is 2.36. The van der Waals surface area contributed by atoms with E-state index in [9.17, 15) is 8.78 Å². The van der Waals surface area contributed by atoms with Crippen LogP contribution >= 0.6 is 23.4 Å². The Morgan fingerprint density at radius 1 is 1.16 bits per heavy atom. The molecule has 5 nitrogen and oxygen atoms in total. The quantitative estimate of drug-likeness (QED) is 0.150. The Labute approximate surface area is 199 Å². The van der Waals surface area contributed by atoms with E-state index in [1.807, 2.05) is 6.92 Å². The number of ether oxygens (including phenoxy) is 2. The van der Waals surface area contributed by atoms with Crippen molar-refractivity contribution in [3.63, 3.8) is 0 Å². The highest BCUT2D eigenvalue weighted by Gasteiger charge is 2.37. The molecule has 0 unspecified atom stereocenters. The number of rotatable bonds is 11. The van der Waals surface area contributed by atoms with Gasteiger partial charge in [-0.3, -0.25) is 0 Å². The first kappa shape index (κ1) is 27.0. The van der Waals surface area contributed by atoms with E-state index >= 15 is 0 Å². The molecule has 0 aliphatic heterocycles. The van der Waals surface area contributed by atoms with Crippen LogP contribution in [0.4, 0.5) is 8.78 Å². The molecule has 1 atom stereocenters. The summed E-state index contributed by atoms with van der Waals surface area (Å²) in [5.41, 5.74) is 0.220. The molecule has 0 bridgehead atoms. The number of thioether (sulfide) groups is 1. The van der Waals surface area contributed by atoms with Gasteiger partial charge in [-0.1, -0.05) is 56.3 Å². The van der Waals surface area contributed by atoms with Crippen molar-refractivity contribution in [3.05, 3.63) is 46.6 Å². The minimum Gasteiger partial charge on any atom is -0.469 e. The van der Waals surface area contributed by atoms with Gasteiger partial charge >= 0.3 is 0 Å². The van der Waals surface area contributed by atoms with Crippen LogP contribution in [0.5, 0.6) is 5.88 Å². The zero-order valence-corrected chi connectivity index (χ0v) is 21.9. The van der Waals surface area contributed by atoms with Crippen molar-refractivity contribution < 1.29 is 22.7 Å². The number of hydrogen-bond acceptors (Lipinski definition) is 6. The second-order valence-electron chi connectivity index (χ2n) is 8.78. The van der Waals surface area contributed by atoms with Gasteiger partial charge in [-0.25, -0.2) is 13.8 Å². The van der Waals surface area contributed by atoms with Gasteiger partial charge < -0.3 is 13.9 Å². The number of nitrogens with zero attached hydrogens (tertiary/aromatic N) is 2. The van der Waals surface area contributed by atoms with Crippen LogP contribution < -0.4 is 4.74 Å². The molecule has 178 valence electrons. The predicted molar refractivity (Wildman–Crippen MR) is 127 cm³/mol. The molecular formula is C22H31ClF2N2O3SSi. The van der Waals surface area contributed by atoms with Crippen LogP contribution in [0.2, 0.25) is 23.3 Å². The van der Waals surface area contributed by atoms with E-state index in [0.717, 1.165) is 17.8 Å². The molecule has 10 heteroatoms. The molecule has 0 N–H and O–H groups in total. The Kier molecular flexibility index (Phi) is 9.90. The molecule has 0 aliphatic carbocycles. The van der Waals surface area contributed by atoms with Gasteiger partial charge in [0.05, 0.1) is 13.2 Å². The van der Waals surface area contributed by atoms with Crippen molar-refractivity contribution in [3.8, 4) is 5.88 Å². The lowest BCUT2D eigenvalue weighted by atomic mass is 10.2. The first-order chi connectivity index (χ1) is 14.9. The van der Waals surface area contributed by atoms with Crippen LogP contribution in [-0.2, 0) is 14.9 Å². The van der Waals surface area contributed by atoms with Crippen LogP contribution in [0, 0.1) is 11.6 Å². The molecular weight excluding hydrogens is 474 g/mol. The third-order valence-electron chi connectivity index (χ3n) is 5.27. The monoisotopic (exact) mass is 504 g/mol. The summed E-state index contributed by atoms with van der Waals surface area (Å²) in [6, 6.07) is 5.57. The summed E-state index contributed by atoms with van der Waals surface area (Å²) in [6.07, 6.45) is -0.381.